The molecule has 4 nitrogen and oxygen atoms in total. The Kier molecular flexibility index (Phi) is 5.77. The lowest BCUT2D eigenvalue weighted by atomic mass is 10.2. The number of aryl methyl sites for hydroxylation is 2. The van der Waals surface area contributed by atoms with Crippen LogP contribution in [0.3, 0.4) is 0 Å². The second-order valence-electron chi connectivity index (χ2n) is 5.96. The fourth-order valence-corrected chi connectivity index (χ4v) is 2.33. The maximum absolute atomic E-state index is 5.98. The van der Waals surface area contributed by atoms with Gasteiger partial charge < -0.3 is 0 Å². The normalized spacial score (nSPS) is 11.7. The highest BCUT2D eigenvalue weighted by Crippen LogP contribution is 2.16. The lowest BCUT2D eigenvalue weighted by Gasteiger charge is -2.04. The molecule has 0 aliphatic carbocycles. The van der Waals surface area contributed by atoms with Crippen molar-refractivity contribution in [3.05, 3.63) is 94.5 Å². The number of hydrogen-bond acceptors (Lipinski definition) is 3. The van der Waals surface area contributed by atoms with Crippen molar-refractivity contribution < 1.29 is 0 Å². The Balaban J connectivity index is 1.87. The van der Waals surface area contributed by atoms with Gasteiger partial charge in [-0.15, -0.1) is 10.2 Å². The Morgan fingerprint density at radius 1 is 0.769 bits per heavy atom. The summed E-state index contributed by atoms with van der Waals surface area (Å²) in [6.07, 6.45) is 0. The molecule has 26 heavy (non-hydrogen) atoms. The molecule has 3 rings (SSSR count). The zero-order chi connectivity index (χ0) is 18.4. The van der Waals surface area contributed by atoms with Gasteiger partial charge in [0.05, 0.1) is 11.4 Å². The van der Waals surface area contributed by atoms with Crippen LogP contribution in [-0.2, 0) is 0 Å². The molecule has 0 aromatic heterocycles. The van der Waals surface area contributed by atoms with Gasteiger partial charge in [-0.05, 0) is 62.4 Å². The lowest BCUT2D eigenvalue weighted by molar-refractivity contribution is 1.22. The molecule has 0 fully saturated rings. The van der Waals surface area contributed by atoms with Crippen LogP contribution in [0.4, 0.5) is 11.4 Å². The van der Waals surface area contributed by atoms with Gasteiger partial charge in [-0.2, -0.15) is 5.10 Å². The van der Waals surface area contributed by atoms with Gasteiger partial charge in [0, 0.05) is 10.6 Å². The van der Waals surface area contributed by atoms with Gasteiger partial charge in [0.2, 0.25) is 5.84 Å². The van der Waals surface area contributed by atoms with Crippen LogP contribution in [0.5, 0.6) is 0 Å². The second kappa shape index (κ2) is 8.41. The zero-order valence-electron chi connectivity index (χ0n) is 14.6. The van der Waals surface area contributed by atoms with Crippen molar-refractivity contribution in [1.82, 2.24) is 0 Å². The molecule has 0 radical (unpaired) electrons. The molecule has 0 aliphatic heterocycles. The summed E-state index contributed by atoms with van der Waals surface area (Å²) >= 11 is 5.98. The van der Waals surface area contributed by atoms with Gasteiger partial charge in [-0.3, -0.25) is 5.43 Å². The summed E-state index contributed by atoms with van der Waals surface area (Å²) in [5.74, 6) is 0.475. The summed E-state index contributed by atoms with van der Waals surface area (Å²) in [6.45, 7) is 4.08. The summed E-state index contributed by atoms with van der Waals surface area (Å²) in [5, 5.41) is 13.7. The summed E-state index contributed by atoms with van der Waals surface area (Å²) in [7, 11) is 0. The van der Waals surface area contributed by atoms with E-state index in [9.17, 15) is 0 Å². The molecule has 0 heterocycles. The van der Waals surface area contributed by atoms with E-state index in [4.69, 9.17) is 11.6 Å². The quantitative estimate of drug-likeness (QED) is 0.244. The Hall–Kier alpha value is -2.98. The molecular weight excluding hydrogens is 344 g/mol. The summed E-state index contributed by atoms with van der Waals surface area (Å²) < 4.78 is 0. The van der Waals surface area contributed by atoms with Crippen molar-refractivity contribution in [1.29, 1.82) is 0 Å². The number of halogens is 1. The Bertz CT molecular complexity index is 912. The van der Waals surface area contributed by atoms with Crippen molar-refractivity contribution in [3.8, 4) is 0 Å². The molecule has 3 aromatic rings. The highest BCUT2D eigenvalue weighted by Gasteiger charge is 2.03. The molecule has 130 valence electrons. The molecule has 3 aromatic carbocycles. The number of nitrogens with one attached hydrogen (secondary N) is 1. The molecule has 0 unspecified atom stereocenters. The third kappa shape index (κ3) is 5.01. The van der Waals surface area contributed by atoms with Crippen molar-refractivity contribution in [2.24, 2.45) is 15.3 Å². The zero-order valence-corrected chi connectivity index (χ0v) is 15.4. The standard InChI is InChI=1S/C21H19ClN4/c1-15-3-11-19(12-4-15)23-25-21(17-7-9-18(22)10-8-17)26-24-20-13-5-16(2)6-14-20/h3-14,23H,1-2H3/b25-21+,26-24?. The largest absolute Gasteiger partial charge is 0.276 e. The van der Waals surface area contributed by atoms with Crippen LogP contribution in [0, 0.1) is 13.8 Å². The Labute approximate surface area is 158 Å². The Morgan fingerprint density at radius 2 is 1.35 bits per heavy atom. The molecule has 0 saturated carbocycles. The molecule has 0 spiro atoms. The molecule has 0 bridgehead atoms. The van der Waals surface area contributed by atoms with Gasteiger partial charge in [0.25, 0.3) is 0 Å². The maximum atomic E-state index is 5.98. The van der Waals surface area contributed by atoms with E-state index in [0.29, 0.717) is 10.9 Å². The van der Waals surface area contributed by atoms with Crippen molar-refractivity contribution in [3.63, 3.8) is 0 Å². The smallest absolute Gasteiger partial charge is 0.201 e. The number of azo groups is 1. The van der Waals surface area contributed by atoms with E-state index in [1.54, 1.807) is 12.1 Å². The average molecular weight is 363 g/mol. The first kappa shape index (κ1) is 17.8. The topological polar surface area (TPSA) is 49.1 Å². The summed E-state index contributed by atoms with van der Waals surface area (Å²) in [6, 6.07) is 23.2. The molecule has 1 N–H and O–H groups in total. The third-order valence-corrected chi connectivity index (χ3v) is 3.99. The van der Waals surface area contributed by atoms with E-state index < -0.39 is 0 Å². The van der Waals surface area contributed by atoms with E-state index in [0.717, 1.165) is 16.9 Å². The van der Waals surface area contributed by atoms with E-state index in [-0.39, 0.29) is 0 Å². The van der Waals surface area contributed by atoms with Crippen molar-refractivity contribution >= 4 is 28.8 Å². The van der Waals surface area contributed by atoms with Crippen LogP contribution in [0.15, 0.2) is 88.1 Å². The SMILES string of the molecule is Cc1ccc(N=N/C(=N/Nc2ccc(C)cc2)c2ccc(Cl)cc2)cc1. The minimum Gasteiger partial charge on any atom is -0.276 e. The predicted molar refractivity (Wildman–Crippen MR) is 108 cm³/mol. The van der Waals surface area contributed by atoms with Crippen LogP contribution in [-0.4, -0.2) is 5.84 Å². The number of rotatable bonds is 4. The predicted octanol–water partition coefficient (Wildman–Crippen LogP) is 6.51. The van der Waals surface area contributed by atoms with Crippen LogP contribution in [0.2, 0.25) is 5.02 Å². The van der Waals surface area contributed by atoms with Gasteiger partial charge in [-0.1, -0.05) is 47.0 Å². The number of amidine groups is 1. The first-order chi connectivity index (χ1) is 12.6. The molecule has 0 atom stereocenters. The summed E-state index contributed by atoms with van der Waals surface area (Å²) in [4.78, 5) is 0. The highest BCUT2D eigenvalue weighted by molar-refractivity contribution is 6.30. The van der Waals surface area contributed by atoms with E-state index in [1.165, 1.54) is 11.1 Å². The van der Waals surface area contributed by atoms with Crippen molar-refractivity contribution in [2.45, 2.75) is 13.8 Å². The van der Waals surface area contributed by atoms with Crippen LogP contribution < -0.4 is 5.43 Å². The van der Waals surface area contributed by atoms with Gasteiger partial charge in [-0.25, -0.2) is 0 Å². The number of benzene rings is 3. The maximum Gasteiger partial charge on any atom is 0.201 e. The van der Waals surface area contributed by atoms with Gasteiger partial charge >= 0.3 is 0 Å². The first-order valence-electron chi connectivity index (χ1n) is 8.25. The number of anilines is 1. The van der Waals surface area contributed by atoms with Gasteiger partial charge in [0.15, 0.2) is 0 Å². The lowest BCUT2D eigenvalue weighted by Crippen LogP contribution is -2.01. The van der Waals surface area contributed by atoms with Crippen LogP contribution >= 0.6 is 11.6 Å². The van der Waals surface area contributed by atoms with Crippen LogP contribution in [0.1, 0.15) is 16.7 Å². The molecule has 0 amide bonds. The average Bonchev–Trinajstić information content (AvgIpc) is 2.65. The van der Waals surface area contributed by atoms with E-state index in [2.05, 4.69) is 20.8 Å². The first-order valence-corrected chi connectivity index (χ1v) is 8.63. The van der Waals surface area contributed by atoms with E-state index in [1.807, 2.05) is 74.5 Å². The molecule has 0 aliphatic rings. The van der Waals surface area contributed by atoms with Gasteiger partial charge in [0.1, 0.15) is 0 Å². The minimum absolute atomic E-state index is 0.475. The van der Waals surface area contributed by atoms with E-state index >= 15 is 0 Å². The molecule has 0 saturated heterocycles. The second-order valence-corrected chi connectivity index (χ2v) is 6.39. The third-order valence-electron chi connectivity index (χ3n) is 3.74. The van der Waals surface area contributed by atoms with Crippen molar-refractivity contribution in [2.75, 3.05) is 5.43 Å². The highest BCUT2D eigenvalue weighted by atomic mass is 35.5. The molecular formula is C21H19ClN4. The van der Waals surface area contributed by atoms with Crippen LogP contribution in [0.25, 0.3) is 0 Å². The summed E-state index contributed by atoms with van der Waals surface area (Å²) in [5.41, 5.74) is 7.88. The number of nitrogens with zero attached hydrogens (tertiary/aromatic N) is 3. The minimum atomic E-state index is 0.475. The number of hydrogen-bond donors (Lipinski definition) is 1. The molecule has 5 heteroatoms. The monoisotopic (exact) mass is 362 g/mol. The number of hydrazone groups is 1. The fraction of sp³-hybridized carbons (Fsp3) is 0.0952. The Morgan fingerprint density at radius 3 is 1.96 bits per heavy atom. The fourth-order valence-electron chi connectivity index (χ4n) is 2.21.